The topological polar surface area (TPSA) is 76.5 Å². The van der Waals surface area contributed by atoms with Crippen molar-refractivity contribution in [1.82, 2.24) is 14.7 Å². The van der Waals surface area contributed by atoms with Gasteiger partial charge in [-0.1, -0.05) is 12.1 Å². The number of carbonyl (C=O) groups is 2. The molecule has 0 aliphatic carbocycles. The van der Waals surface area contributed by atoms with Gasteiger partial charge in [-0.05, 0) is 17.7 Å². The fourth-order valence-corrected chi connectivity index (χ4v) is 2.90. The van der Waals surface area contributed by atoms with E-state index in [-0.39, 0.29) is 18.2 Å². The number of benzene rings is 1. The van der Waals surface area contributed by atoms with Crippen LogP contribution in [0.25, 0.3) is 0 Å². The van der Waals surface area contributed by atoms with Gasteiger partial charge in [0.25, 0.3) is 5.91 Å². The molecule has 1 N–H and O–H groups in total. The minimum Gasteiger partial charge on any atom is -0.356 e. The van der Waals surface area contributed by atoms with Gasteiger partial charge in [0.05, 0.1) is 17.9 Å². The van der Waals surface area contributed by atoms with E-state index in [0.29, 0.717) is 10.2 Å². The third kappa shape index (κ3) is 4.47. The van der Waals surface area contributed by atoms with Crippen LogP contribution in [0.1, 0.15) is 11.6 Å². The highest BCUT2D eigenvalue weighted by atomic mass is 19.4. The van der Waals surface area contributed by atoms with E-state index in [9.17, 15) is 27.2 Å². The molecule has 0 radical (unpaired) electrons. The van der Waals surface area contributed by atoms with Gasteiger partial charge in [0.1, 0.15) is 19.0 Å². The van der Waals surface area contributed by atoms with Gasteiger partial charge in [0.2, 0.25) is 5.91 Å². The van der Waals surface area contributed by atoms with E-state index >= 15 is 0 Å². The van der Waals surface area contributed by atoms with Gasteiger partial charge >= 0.3 is 6.18 Å². The summed E-state index contributed by atoms with van der Waals surface area (Å²) in [6.07, 6.45) is -3.47. The average Bonchev–Trinajstić information content (AvgIpc) is 3.03. The maximum atomic E-state index is 13.2. The van der Waals surface area contributed by atoms with Gasteiger partial charge in [-0.25, -0.2) is 4.39 Å². The molecule has 2 aromatic rings. The first-order valence-corrected chi connectivity index (χ1v) is 8.17. The van der Waals surface area contributed by atoms with Crippen LogP contribution >= 0.6 is 0 Å². The Morgan fingerprint density at radius 2 is 2.00 bits per heavy atom. The van der Waals surface area contributed by atoms with Crippen molar-refractivity contribution in [3.63, 3.8) is 0 Å². The van der Waals surface area contributed by atoms with E-state index in [1.54, 1.807) is 0 Å². The first-order chi connectivity index (χ1) is 13.1. The molecule has 0 saturated carbocycles. The zero-order valence-corrected chi connectivity index (χ0v) is 14.6. The molecule has 0 spiro atoms. The van der Waals surface area contributed by atoms with E-state index in [1.165, 1.54) is 36.2 Å². The Balaban J connectivity index is 1.78. The number of nitrogens with one attached hydrogen (secondary N) is 1. The Bertz CT molecular complexity index is 866. The summed E-state index contributed by atoms with van der Waals surface area (Å²) in [7, 11) is 1.49. The molecule has 1 fully saturated rings. The smallest absolute Gasteiger partial charge is 0.356 e. The van der Waals surface area contributed by atoms with Crippen molar-refractivity contribution >= 4 is 17.5 Å². The van der Waals surface area contributed by atoms with Gasteiger partial charge in [0, 0.05) is 13.2 Å². The molecule has 2 heterocycles. The zero-order chi connectivity index (χ0) is 20.5. The molecule has 1 aliphatic heterocycles. The van der Waals surface area contributed by atoms with E-state index in [1.807, 2.05) is 0 Å². The van der Waals surface area contributed by atoms with Gasteiger partial charge in [-0.15, -0.1) is 0 Å². The van der Waals surface area contributed by atoms with Gasteiger partial charge < -0.3 is 15.0 Å². The lowest BCUT2D eigenvalue weighted by atomic mass is 9.97. The summed E-state index contributed by atoms with van der Waals surface area (Å²) in [4.78, 5) is 26.0. The van der Waals surface area contributed by atoms with Gasteiger partial charge in [0.15, 0.2) is 6.10 Å². The zero-order valence-electron chi connectivity index (χ0n) is 14.6. The molecule has 1 aromatic heterocycles. The molecule has 3 rings (SSSR count). The number of rotatable bonds is 4. The molecule has 1 aliphatic rings. The number of aromatic nitrogens is 2. The van der Waals surface area contributed by atoms with Crippen LogP contribution in [0.3, 0.4) is 0 Å². The molecule has 2 amide bonds. The molecule has 2 atom stereocenters. The highest BCUT2D eigenvalue weighted by molar-refractivity contribution is 5.96. The summed E-state index contributed by atoms with van der Waals surface area (Å²) in [5.74, 6) is -1.51. The van der Waals surface area contributed by atoms with Gasteiger partial charge in [-0.2, -0.15) is 18.3 Å². The Kier molecular flexibility index (Phi) is 5.36. The summed E-state index contributed by atoms with van der Waals surface area (Å²) in [6.45, 7) is -1.63. The quantitative estimate of drug-likeness (QED) is 0.798. The highest BCUT2D eigenvalue weighted by Crippen LogP contribution is 2.30. The molecule has 11 heteroatoms. The van der Waals surface area contributed by atoms with Crippen LogP contribution in [0.5, 0.6) is 0 Å². The monoisotopic (exact) mass is 400 g/mol. The first-order valence-electron chi connectivity index (χ1n) is 8.17. The predicted octanol–water partition coefficient (Wildman–Crippen LogP) is 2.12. The molecule has 28 heavy (non-hydrogen) atoms. The minimum absolute atomic E-state index is 0.0512. The van der Waals surface area contributed by atoms with Gasteiger partial charge in [-0.3, -0.25) is 14.3 Å². The number of morpholine rings is 1. The second-order valence-corrected chi connectivity index (χ2v) is 6.26. The number of amides is 2. The van der Waals surface area contributed by atoms with E-state index in [2.05, 4.69) is 10.4 Å². The number of hydrogen-bond acceptors (Lipinski definition) is 4. The van der Waals surface area contributed by atoms with Crippen molar-refractivity contribution in [2.45, 2.75) is 24.9 Å². The van der Waals surface area contributed by atoms with E-state index in [0.717, 1.165) is 12.4 Å². The lowest BCUT2D eigenvalue weighted by Crippen LogP contribution is -2.51. The van der Waals surface area contributed by atoms with Crippen LogP contribution in [0.2, 0.25) is 0 Å². The average molecular weight is 400 g/mol. The van der Waals surface area contributed by atoms with Crippen LogP contribution in [0, 0.1) is 5.82 Å². The van der Waals surface area contributed by atoms with Crippen molar-refractivity contribution in [1.29, 1.82) is 0 Å². The summed E-state index contributed by atoms with van der Waals surface area (Å²) in [5.41, 5.74) is 0.528. The Labute approximate surface area is 156 Å². The molecule has 2 unspecified atom stereocenters. The number of halogens is 4. The Morgan fingerprint density at radius 1 is 1.32 bits per heavy atom. The second kappa shape index (κ2) is 7.58. The summed E-state index contributed by atoms with van der Waals surface area (Å²) in [6, 6.07) is 4.42. The third-order valence-electron chi connectivity index (χ3n) is 4.20. The predicted molar refractivity (Wildman–Crippen MR) is 88.6 cm³/mol. The molecular formula is C17H16F4N4O3. The summed E-state index contributed by atoms with van der Waals surface area (Å²) in [5, 5.41) is 5.99. The largest absolute Gasteiger partial charge is 0.408 e. The lowest BCUT2D eigenvalue weighted by molar-refractivity contribution is -0.160. The number of hydrogen-bond donors (Lipinski definition) is 1. The molecule has 1 saturated heterocycles. The maximum Gasteiger partial charge on any atom is 0.408 e. The van der Waals surface area contributed by atoms with Crippen LogP contribution in [0.15, 0.2) is 36.7 Å². The molecule has 7 nitrogen and oxygen atoms in total. The highest BCUT2D eigenvalue weighted by Gasteiger charge is 2.40. The van der Waals surface area contributed by atoms with Crippen molar-refractivity contribution in [2.75, 3.05) is 19.0 Å². The van der Waals surface area contributed by atoms with Crippen molar-refractivity contribution in [2.24, 2.45) is 0 Å². The van der Waals surface area contributed by atoms with Crippen molar-refractivity contribution in [3.8, 4) is 0 Å². The van der Waals surface area contributed by atoms with Crippen LogP contribution in [-0.4, -0.2) is 52.4 Å². The number of anilines is 1. The molecule has 150 valence electrons. The standard InChI is InChI=1S/C17H16F4N4O3/c1-24-13(26)8-28-15(14(24)10-2-4-11(18)5-3-10)16(27)23-12-6-22-25(7-12)9-17(19,20)21/h2-7,14-15H,8-9H2,1H3,(H,23,27). The molecule has 0 bridgehead atoms. The van der Waals surface area contributed by atoms with E-state index in [4.69, 9.17) is 4.74 Å². The normalized spacial score (nSPS) is 20.3. The SMILES string of the molecule is CN1C(=O)COC(C(=O)Nc2cnn(CC(F)(F)F)c2)C1c1ccc(F)cc1. The number of ether oxygens (including phenoxy) is 1. The number of likely N-dealkylation sites (N-methyl/N-ethyl adjacent to an activating group) is 1. The second-order valence-electron chi connectivity index (χ2n) is 6.26. The summed E-state index contributed by atoms with van der Waals surface area (Å²) >= 11 is 0. The van der Waals surface area contributed by atoms with Crippen LogP contribution < -0.4 is 5.32 Å². The number of alkyl halides is 3. The third-order valence-corrected chi connectivity index (χ3v) is 4.20. The van der Waals surface area contributed by atoms with Crippen molar-refractivity contribution < 1.29 is 31.9 Å². The molecular weight excluding hydrogens is 384 g/mol. The summed E-state index contributed by atoms with van der Waals surface area (Å²) < 4.78 is 56.5. The van der Waals surface area contributed by atoms with Crippen LogP contribution in [-0.2, 0) is 20.9 Å². The first kappa shape index (κ1) is 19.8. The molecule has 1 aromatic carbocycles. The van der Waals surface area contributed by atoms with E-state index < -0.39 is 36.6 Å². The number of nitrogens with zero attached hydrogens (tertiary/aromatic N) is 3. The van der Waals surface area contributed by atoms with Crippen molar-refractivity contribution in [3.05, 3.63) is 48.0 Å². The fourth-order valence-electron chi connectivity index (χ4n) is 2.90. The maximum absolute atomic E-state index is 13.2. The van der Waals surface area contributed by atoms with Crippen LogP contribution in [0.4, 0.5) is 23.2 Å². The Hall–Kier alpha value is -2.95. The number of carbonyl (C=O) groups excluding carboxylic acids is 2. The fraction of sp³-hybridized carbons (Fsp3) is 0.353. The lowest BCUT2D eigenvalue weighted by Gasteiger charge is -2.38. The minimum atomic E-state index is -4.45. The Morgan fingerprint density at radius 3 is 2.64 bits per heavy atom.